The first-order chi connectivity index (χ1) is 10.0. The number of hydrogen-bond acceptors (Lipinski definition) is 2. The smallest absolute Gasteiger partial charge is 0.339 e. The Balaban J connectivity index is 2.43. The molecule has 1 aromatic carbocycles. The molecule has 2 rings (SSSR count). The summed E-state index contributed by atoms with van der Waals surface area (Å²) in [6.45, 7) is 9.27. The Morgan fingerprint density at radius 1 is 1.24 bits per heavy atom. The molecule has 0 saturated heterocycles. The number of carbonyl (C=O) groups is 1. The first-order valence-electron chi connectivity index (χ1n) is 7.45. The largest absolute Gasteiger partial charge is 0.462 e. The molecule has 0 unspecified atom stereocenters. The first kappa shape index (κ1) is 15.4. The average Bonchev–Trinajstić information content (AvgIpc) is 2.78. The van der Waals surface area contributed by atoms with Gasteiger partial charge in [0, 0.05) is 17.9 Å². The number of nitrogens with zero attached hydrogens (tertiary/aromatic N) is 1. The summed E-state index contributed by atoms with van der Waals surface area (Å²) in [5.41, 5.74) is 4.06. The Kier molecular flexibility index (Phi) is 4.84. The van der Waals surface area contributed by atoms with E-state index in [1.807, 2.05) is 38.1 Å². The second-order valence-corrected chi connectivity index (χ2v) is 5.53. The standard InChI is InChI=1S/C18H23NO2/c1-5-21-18(20)16-11-14(4)19(17(16)13(2)3)12-15-9-7-6-8-10-15/h6-11,13H,5,12H2,1-4H3. The Hall–Kier alpha value is -2.03. The summed E-state index contributed by atoms with van der Waals surface area (Å²) < 4.78 is 7.40. The first-order valence-corrected chi connectivity index (χ1v) is 7.45. The van der Waals surface area contributed by atoms with Crippen molar-refractivity contribution in [1.29, 1.82) is 0 Å². The number of rotatable bonds is 5. The number of ether oxygens (including phenoxy) is 1. The Bertz CT molecular complexity index is 612. The zero-order valence-electron chi connectivity index (χ0n) is 13.2. The van der Waals surface area contributed by atoms with E-state index in [4.69, 9.17) is 4.74 Å². The normalized spacial score (nSPS) is 10.9. The lowest BCUT2D eigenvalue weighted by Crippen LogP contribution is -2.12. The van der Waals surface area contributed by atoms with Crippen LogP contribution in [0.3, 0.4) is 0 Å². The predicted molar refractivity (Wildman–Crippen MR) is 84.8 cm³/mol. The van der Waals surface area contributed by atoms with Gasteiger partial charge in [-0.25, -0.2) is 4.79 Å². The van der Waals surface area contributed by atoms with Crippen LogP contribution in [0.15, 0.2) is 36.4 Å². The van der Waals surface area contributed by atoms with Gasteiger partial charge in [-0.3, -0.25) is 0 Å². The molecular formula is C18H23NO2. The van der Waals surface area contributed by atoms with Crippen LogP contribution >= 0.6 is 0 Å². The van der Waals surface area contributed by atoms with Crippen LogP contribution in [-0.2, 0) is 11.3 Å². The van der Waals surface area contributed by atoms with Gasteiger partial charge in [-0.05, 0) is 31.4 Å². The predicted octanol–water partition coefficient (Wildman–Crippen LogP) is 4.14. The summed E-state index contributed by atoms with van der Waals surface area (Å²) in [7, 11) is 0. The molecule has 21 heavy (non-hydrogen) atoms. The molecule has 0 aliphatic heterocycles. The molecule has 0 spiro atoms. The summed E-state index contributed by atoms with van der Waals surface area (Å²) in [6, 6.07) is 12.2. The molecule has 112 valence electrons. The lowest BCUT2D eigenvalue weighted by atomic mass is 10.1. The molecule has 1 aromatic heterocycles. The fraction of sp³-hybridized carbons (Fsp3) is 0.389. The maximum absolute atomic E-state index is 12.2. The molecule has 3 nitrogen and oxygen atoms in total. The highest BCUT2D eigenvalue weighted by Crippen LogP contribution is 2.26. The number of aromatic nitrogens is 1. The number of aryl methyl sites for hydroxylation is 1. The van der Waals surface area contributed by atoms with Crippen molar-refractivity contribution >= 4 is 5.97 Å². The molecule has 0 bridgehead atoms. The van der Waals surface area contributed by atoms with Crippen molar-refractivity contribution in [3.63, 3.8) is 0 Å². The van der Waals surface area contributed by atoms with E-state index in [0.29, 0.717) is 12.2 Å². The molecule has 0 amide bonds. The van der Waals surface area contributed by atoms with E-state index >= 15 is 0 Å². The zero-order valence-corrected chi connectivity index (χ0v) is 13.2. The summed E-state index contributed by atoms with van der Waals surface area (Å²) >= 11 is 0. The van der Waals surface area contributed by atoms with Crippen LogP contribution in [0.4, 0.5) is 0 Å². The van der Waals surface area contributed by atoms with Crippen LogP contribution in [0.1, 0.15) is 54.0 Å². The molecule has 0 fully saturated rings. The summed E-state index contributed by atoms with van der Waals surface area (Å²) in [6.07, 6.45) is 0. The Labute approximate surface area is 126 Å². The maximum Gasteiger partial charge on any atom is 0.339 e. The summed E-state index contributed by atoms with van der Waals surface area (Å²) in [4.78, 5) is 12.2. The minimum atomic E-state index is -0.226. The van der Waals surface area contributed by atoms with Crippen LogP contribution in [0.2, 0.25) is 0 Å². The molecule has 0 aliphatic carbocycles. The van der Waals surface area contributed by atoms with Crippen molar-refractivity contribution in [3.05, 3.63) is 58.9 Å². The van der Waals surface area contributed by atoms with Crippen LogP contribution in [-0.4, -0.2) is 17.1 Å². The fourth-order valence-electron chi connectivity index (χ4n) is 2.67. The highest BCUT2D eigenvalue weighted by atomic mass is 16.5. The van der Waals surface area contributed by atoms with E-state index in [1.54, 1.807) is 0 Å². The van der Waals surface area contributed by atoms with Crippen molar-refractivity contribution < 1.29 is 9.53 Å². The van der Waals surface area contributed by atoms with E-state index in [-0.39, 0.29) is 11.9 Å². The van der Waals surface area contributed by atoms with Gasteiger partial charge < -0.3 is 9.30 Å². The van der Waals surface area contributed by atoms with Crippen molar-refractivity contribution in [2.24, 2.45) is 0 Å². The zero-order chi connectivity index (χ0) is 15.4. The third-order valence-corrected chi connectivity index (χ3v) is 3.57. The second kappa shape index (κ2) is 6.61. The molecule has 0 atom stereocenters. The number of carbonyl (C=O) groups excluding carboxylic acids is 1. The highest BCUT2D eigenvalue weighted by molar-refractivity contribution is 5.91. The van der Waals surface area contributed by atoms with E-state index in [1.165, 1.54) is 5.56 Å². The van der Waals surface area contributed by atoms with Gasteiger partial charge >= 0.3 is 5.97 Å². The van der Waals surface area contributed by atoms with Gasteiger partial charge in [0.15, 0.2) is 0 Å². The number of hydrogen-bond donors (Lipinski definition) is 0. The van der Waals surface area contributed by atoms with Gasteiger partial charge in [0.1, 0.15) is 0 Å². The van der Waals surface area contributed by atoms with Crippen molar-refractivity contribution in [1.82, 2.24) is 4.57 Å². The number of esters is 1. The molecule has 2 aromatic rings. The Morgan fingerprint density at radius 3 is 2.48 bits per heavy atom. The fourth-order valence-corrected chi connectivity index (χ4v) is 2.67. The van der Waals surface area contributed by atoms with Crippen LogP contribution < -0.4 is 0 Å². The monoisotopic (exact) mass is 285 g/mol. The van der Waals surface area contributed by atoms with E-state index in [0.717, 1.165) is 17.9 Å². The van der Waals surface area contributed by atoms with Crippen molar-refractivity contribution in [3.8, 4) is 0 Å². The van der Waals surface area contributed by atoms with E-state index in [9.17, 15) is 4.79 Å². The van der Waals surface area contributed by atoms with E-state index < -0.39 is 0 Å². The van der Waals surface area contributed by atoms with Crippen LogP contribution in [0, 0.1) is 6.92 Å². The lowest BCUT2D eigenvalue weighted by Gasteiger charge is -2.16. The summed E-state index contributed by atoms with van der Waals surface area (Å²) in [5, 5.41) is 0. The Morgan fingerprint density at radius 2 is 1.90 bits per heavy atom. The van der Waals surface area contributed by atoms with E-state index in [2.05, 4.69) is 30.5 Å². The quantitative estimate of drug-likeness (QED) is 0.773. The van der Waals surface area contributed by atoms with Crippen molar-refractivity contribution in [2.75, 3.05) is 6.61 Å². The van der Waals surface area contributed by atoms with Gasteiger partial charge in [0.05, 0.1) is 12.2 Å². The summed E-state index contributed by atoms with van der Waals surface area (Å²) in [5.74, 6) is 0.0398. The SMILES string of the molecule is CCOC(=O)c1cc(C)n(Cc2ccccc2)c1C(C)C. The van der Waals surface area contributed by atoms with Gasteiger partial charge in [-0.15, -0.1) is 0 Å². The molecule has 3 heteroatoms. The highest BCUT2D eigenvalue weighted by Gasteiger charge is 2.21. The van der Waals surface area contributed by atoms with Gasteiger partial charge in [0.25, 0.3) is 0 Å². The topological polar surface area (TPSA) is 31.2 Å². The molecular weight excluding hydrogens is 262 g/mol. The number of benzene rings is 1. The molecule has 1 heterocycles. The third-order valence-electron chi connectivity index (χ3n) is 3.57. The molecule has 0 radical (unpaired) electrons. The minimum Gasteiger partial charge on any atom is -0.462 e. The average molecular weight is 285 g/mol. The van der Waals surface area contributed by atoms with Crippen LogP contribution in [0.5, 0.6) is 0 Å². The van der Waals surface area contributed by atoms with Gasteiger partial charge in [-0.1, -0.05) is 44.2 Å². The van der Waals surface area contributed by atoms with Gasteiger partial charge in [0.2, 0.25) is 0 Å². The third kappa shape index (κ3) is 3.35. The van der Waals surface area contributed by atoms with Crippen molar-refractivity contribution in [2.45, 2.75) is 40.2 Å². The molecule has 0 aliphatic rings. The van der Waals surface area contributed by atoms with Crippen LogP contribution in [0.25, 0.3) is 0 Å². The van der Waals surface area contributed by atoms with Gasteiger partial charge in [-0.2, -0.15) is 0 Å². The maximum atomic E-state index is 12.2. The minimum absolute atomic E-state index is 0.226. The second-order valence-electron chi connectivity index (χ2n) is 5.53. The lowest BCUT2D eigenvalue weighted by molar-refractivity contribution is 0.0524. The molecule has 0 saturated carbocycles. The molecule has 0 N–H and O–H groups in total.